The highest BCUT2D eigenvalue weighted by Crippen LogP contribution is 2.24. The lowest BCUT2D eigenvalue weighted by molar-refractivity contribution is -0.122. The van der Waals surface area contributed by atoms with E-state index in [-0.39, 0.29) is 11.7 Å². The lowest BCUT2D eigenvalue weighted by atomic mass is 10.0. The zero-order valence-electron chi connectivity index (χ0n) is 18.8. The molecule has 1 aliphatic heterocycles. The van der Waals surface area contributed by atoms with Crippen molar-refractivity contribution < 1.29 is 18.7 Å². The number of nitrogens with one attached hydrogen (secondary N) is 1. The Morgan fingerprint density at radius 1 is 1.12 bits per heavy atom. The largest absolute Gasteiger partial charge is 0.497 e. The number of benzene rings is 2. The van der Waals surface area contributed by atoms with Crippen molar-refractivity contribution in [2.24, 2.45) is 0 Å². The molecule has 33 heavy (non-hydrogen) atoms. The molecule has 1 N–H and O–H groups in total. The maximum atomic E-state index is 13.1. The minimum atomic E-state index is -0.270. The number of halogens is 1. The first-order valence-corrected chi connectivity index (χ1v) is 10.7. The monoisotopic (exact) mass is 450 g/mol. The molecule has 0 saturated heterocycles. The van der Waals surface area contributed by atoms with Gasteiger partial charge >= 0.3 is 0 Å². The van der Waals surface area contributed by atoms with Crippen molar-refractivity contribution in [2.75, 3.05) is 33.9 Å². The van der Waals surface area contributed by atoms with Crippen LogP contribution in [-0.4, -0.2) is 54.4 Å². The van der Waals surface area contributed by atoms with Crippen molar-refractivity contribution in [1.29, 1.82) is 0 Å². The Hall–Kier alpha value is -3.65. The molecular weight excluding hydrogens is 423 g/mol. The average Bonchev–Trinajstić information content (AvgIpc) is 3.33. The minimum absolute atomic E-state index is 0.0298. The summed E-state index contributed by atoms with van der Waals surface area (Å²) in [6.07, 6.45) is 6.73. The van der Waals surface area contributed by atoms with E-state index in [0.29, 0.717) is 31.1 Å². The Bertz CT molecular complexity index is 1120. The SMILES string of the molecule is COc1cc(CNC(=O)CN2CC=C(c3cnn(-c4ccc(F)cc4)c3)CC2)cc(OC)c1. The molecule has 0 radical (unpaired) electrons. The molecule has 2 heterocycles. The molecular formula is C25H27FN4O3. The van der Waals surface area contributed by atoms with E-state index in [0.717, 1.165) is 29.8 Å². The number of nitrogens with zero attached hydrogens (tertiary/aromatic N) is 3. The van der Waals surface area contributed by atoms with E-state index >= 15 is 0 Å². The Labute approximate surface area is 192 Å². The number of aromatic nitrogens is 2. The summed E-state index contributed by atoms with van der Waals surface area (Å²) in [4.78, 5) is 14.6. The van der Waals surface area contributed by atoms with Gasteiger partial charge in [0, 0.05) is 37.5 Å². The smallest absolute Gasteiger partial charge is 0.234 e. The van der Waals surface area contributed by atoms with Gasteiger partial charge in [0.15, 0.2) is 0 Å². The maximum absolute atomic E-state index is 13.1. The number of rotatable bonds is 8. The first-order valence-electron chi connectivity index (χ1n) is 10.7. The summed E-state index contributed by atoms with van der Waals surface area (Å²) in [7, 11) is 3.20. The molecule has 0 spiro atoms. The van der Waals surface area contributed by atoms with Crippen LogP contribution in [0.2, 0.25) is 0 Å². The van der Waals surface area contributed by atoms with Gasteiger partial charge in [-0.25, -0.2) is 9.07 Å². The third kappa shape index (κ3) is 5.78. The number of carbonyl (C=O) groups excluding carboxylic acids is 1. The van der Waals surface area contributed by atoms with Gasteiger partial charge in [0.05, 0.1) is 32.6 Å². The third-order valence-electron chi connectivity index (χ3n) is 5.61. The standard InChI is InChI=1S/C25H27FN4O3/c1-32-23-11-18(12-24(13-23)33-2)14-27-25(31)17-29-9-7-19(8-10-29)20-15-28-30(16-20)22-5-3-21(26)4-6-22/h3-7,11-13,15-16H,8-10,14,17H2,1-2H3,(H,27,31). The van der Waals surface area contributed by atoms with Crippen molar-refractivity contribution in [2.45, 2.75) is 13.0 Å². The summed E-state index contributed by atoms with van der Waals surface area (Å²) in [6.45, 7) is 2.22. The van der Waals surface area contributed by atoms with Crippen LogP contribution < -0.4 is 14.8 Å². The second kappa shape index (κ2) is 10.3. The molecule has 2 aromatic carbocycles. The van der Waals surface area contributed by atoms with Crippen LogP contribution >= 0.6 is 0 Å². The fourth-order valence-electron chi connectivity index (χ4n) is 3.77. The van der Waals surface area contributed by atoms with Gasteiger partial charge in [-0.15, -0.1) is 0 Å². The summed E-state index contributed by atoms with van der Waals surface area (Å²) in [5.74, 6) is 1.08. The van der Waals surface area contributed by atoms with Crippen LogP contribution in [0.25, 0.3) is 11.3 Å². The number of methoxy groups -OCH3 is 2. The minimum Gasteiger partial charge on any atom is -0.497 e. The van der Waals surface area contributed by atoms with Crippen LogP contribution in [0, 0.1) is 5.82 Å². The first-order chi connectivity index (χ1) is 16.0. The Morgan fingerprint density at radius 3 is 2.48 bits per heavy atom. The number of hydrogen-bond acceptors (Lipinski definition) is 5. The van der Waals surface area contributed by atoms with E-state index in [4.69, 9.17) is 9.47 Å². The van der Waals surface area contributed by atoms with E-state index in [9.17, 15) is 9.18 Å². The molecule has 0 fully saturated rings. The highest BCUT2D eigenvalue weighted by Gasteiger charge is 2.17. The lowest BCUT2D eigenvalue weighted by Crippen LogP contribution is -2.39. The van der Waals surface area contributed by atoms with Crippen LogP contribution in [0.5, 0.6) is 11.5 Å². The first kappa shape index (κ1) is 22.5. The van der Waals surface area contributed by atoms with E-state index in [2.05, 4.69) is 21.4 Å². The number of carbonyl (C=O) groups is 1. The van der Waals surface area contributed by atoms with Gasteiger partial charge in [0.25, 0.3) is 0 Å². The predicted octanol–water partition coefficient (Wildman–Crippen LogP) is 3.43. The number of ether oxygens (including phenoxy) is 2. The second-order valence-corrected chi connectivity index (χ2v) is 7.86. The molecule has 1 amide bonds. The van der Waals surface area contributed by atoms with Crippen molar-refractivity contribution in [3.05, 3.63) is 77.9 Å². The van der Waals surface area contributed by atoms with E-state index in [1.807, 2.05) is 24.5 Å². The van der Waals surface area contributed by atoms with Gasteiger partial charge in [-0.1, -0.05) is 6.08 Å². The van der Waals surface area contributed by atoms with E-state index in [1.54, 1.807) is 37.1 Å². The number of hydrogen-bond donors (Lipinski definition) is 1. The molecule has 1 aliphatic rings. The van der Waals surface area contributed by atoms with Crippen molar-refractivity contribution in [3.8, 4) is 17.2 Å². The molecule has 0 unspecified atom stereocenters. The van der Waals surface area contributed by atoms with E-state index < -0.39 is 0 Å². The zero-order chi connectivity index (χ0) is 23.2. The van der Waals surface area contributed by atoms with Crippen LogP contribution in [0.15, 0.2) is 60.9 Å². The normalized spacial score (nSPS) is 14.0. The molecule has 4 rings (SSSR count). The lowest BCUT2D eigenvalue weighted by Gasteiger charge is -2.25. The molecule has 0 saturated carbocycles. The Kier molecular flexibility index (Phi) is 7.04. The highest BCUT2D eigenvalue weighted by atomic mass is 19.1. The zero-order valence-corrected chi connectivity index (χ0v) is 18.8. The topological polar surface area (TPSA) is 68.6 Å². The fraction of sp³-hybridized carbons (Fsp3) is 0.280. The van der Waals surface area contributed by atoms with Crippen LogP contribution in [0.3, 0.4) is 0 Å². The molecule has 3 aromatic rings. The number of amides is 1. The molecule has 1 aromatic heterocycles. The van der Waals surface area contributed by atoms with Gasteiger partial charge in [0.2, 0.25) is 5.91 Å². The molecule has 8 heteroatoms. The average molecular weight is 451 g/mol. The van der Waals surface area contributed by atoms with Crippen molar-refractivity contribution in [1.82, 2.24) is 20.0 Å². The molecule has 0 atom stereocenters. The summed E-state index contributed by atoms with van der Waals surface area (Å²) in [5.41, 5.74) is 3.96. The summed E-state index contributed by atoms with van der Waals surface area (Å²) in [6, 6.07) is 11.8. The van der Waals surface area contributed by atoms with Crippen molar-refractivity contribution in [3.63, 3.8) is 0 Å². The van der Waals surface area contributed by atoms with Gasteiger partial charge in [-0.3, -0.25) is 9.69 Å². The Morgan fingerprint density at radius 2 is 1.85 bits per heavy atom. The van der Waals surface area contributed by atoms with Gasteiger partial charge in [-0.2, -0.15) is 5.10 Å². The van der Waals surface area contributed by atoms with Crippen molar-refractivity contribution >= 4 is 11.5 Å². The third-order valence-corrected chi connectivity index (χ3v) is 5.61. The molecule has 172 valence electrons. The molecule has 7 nitrogen and oxygen atoms in total. The molecule has 0 bridgehead atoms. The highest BCUT2D eigenvalue weighted by molar-refractivity contribution is 5.78. The predicted molar refractivity (Wildman–Crippen MR) is 124 cm³/mol. The van der Waals surface area contributed by atoms with Crippen LogP contribution in [0.4, 0.5) is 4.39 Å². The van der Waals surface area contributed by atoms with Gasteiger partial charge in [-0.05, 0) is 54.0 Å². The van der Waals surface area contributed by atoms with Gasteiger partial charge < -0.3 is 14.8 Å². The summed E-state index contributed by atoms with van der Waals surface area (Å²) < 4.78 is 25.4. The maximum Gasteiger partial charge on any atom is 0.234 e. The van der Waals surface area contributed by atoms with Crippen LogP contribution in [0.1, 0.15) is 17.5 Å². The van der Waals surface area contributed by atoms with Gasteiger partial charge in [0.1, 0.15) is 17.3 Å². The second-order valence-electron chi connectivity index (χ2n) is 7.86. The quantitative estimate of drug-likeness (QED) is 0.570. The molecule has 0 aliphatic carbocycles. The van der Waals surface area contributed by atoms with Crippen LogP contribution in [-0.2, 0) is 11.3 Å². The Balaban J connectivity index is 1.29. The summed E-state index contributed by atoms with van der Waals surface area (Å²) in [5, 5.41) is 7.36. The summed E-state index contributed by atoms with van der Waals surface area (Å²) >= 11 is 0. The van der Waals surface area contributed by atoms with E-state index in [1.165, 1.54) is 17.7 Å². The fourth-order valence-corrected chi connectivity index (χ4v) is 3.77.